The summed E-state index contributed by atoms with van der Waals surface area (Å²) >= 11 is 1.15. The second kappa shape index (κ2) is 10.3. The van der Waals surface area contributed by atoms with Gasteiger partial charge in [-0.15, -0.1) is 13.2 Å². The largest absolute Gasteiger partial charge is 0.573 e. The molecule has 2 aromatic rings. The summed E-state index contributed by atoms with van der Waals surface area (Å²) in [7, 11) is 0. The summed E-state index contributed by atoms with van der Waals surface area (Å²) in [4.78, 5) is 12.3. The number of rotatable bonds is 9. The molecule has 158 valence electrons. The molecule has 3 N–H and O–H groups in total. The van der Waals surface area contributed by atoms with Gasteiger partial charge < -0.3 is 24.6 Å². The lowest BCUT2D eigenvalue weighted by Gasteiger charge is -2.15. The van der Waals surface area contributed by atoms with Gasteiger partial charge >= 0.3 is 6.36 Å². The summed E-state index contributed by atoms with van der Waals surface area (Å²) in [5, 5.41) is 11.5. The maximum absolute atomic E-state index is 12.5. The van der Waals surface area contributed by atoms with Gasteiger partial charge in [-0.25, -0.2) is 0 Å². The number of benzene rings is 2. The molecule has 0 spiro atoms. The van der Waals surface area contributed by atoms with E-state index in [2.05, 4.69) is 14.8 Å². The second-order valence-corrected chi connectivity index (χ2v) is 6.70. The van der Waals surface area contributed by atoms with Crippen LogP contribution in [0.15, 0.2) is 41.3 Å². The molecule has 0 radical (unpaired) electrons. The number of carbonyl (C=O) groups excluding carboxylic acids is 1. The molecule has 29 heavy (non-hydrogen) atoms. The quantitative estimate of drug-likeness (QED) is 0.499. The Balaban J connectivity index is 2.13. The van der Waals surface area contributed by atoms with Crippen molar-refractivity contribution in [2.24, 2.45) is 0 Å². The SMILES string of the molecule is CCOc1cc(NC(=O)CCO)ccc1SNc1ccc(C)c(OC(F)(F)F)c1. The fourth-order valence-corrected chi connectivity index (χ4v) is 2.98. The number of hydrogen-bond acceptors (Lipinski definition) is 6. The zero-order valence-electron chi connectivity index (χ0n) is 15.8. The highest BCUT2D eigenvalue weighted by Crippen LogP contribution is 2.35. The first-order valence-electron chi connectivity index (χ1n) is 8.68. The number of alkyl halides is 3. The molecule has 6 nitrogen and oxygen atoms in total. The third-order valence-corrected chi connectivity index (χ3v) is 4.45. The number of hydrogen-bond donors (Lipinski definition) is 3. The summed E-state index contributed by atoms with van der Waals surface area (Å²) < 4.78 is 50.1. The number of aliphatic hydroxyl groups is 1. The van der Waals surface area contributed by atoms with E-state index in [1.807, 2.05) is 0 Å². The minimum atomic E-state index is -4.77. The molecule has 0 unspecified atom stereocenters. The van der Waals surface area contributed by atoms with Crippen molar-refractivity contribution in [2.75, 3.05) is 23.3 Å². The number of aliphatic hydroxyl groups excluding tert-OH is 1. The number of anilines is 2. The molecule has 0 bridgehead atoms. The molecule has 0 aromatic heterocycles. The van der Waals surface area contributed by atoms with E-state index in [1.54, 1.807) is 31.2 Å². The first-order valence-corrected chi connectivity index (χ1v) is 9.50. The van der Waals surface area contributed by atoms with Crippen LogP contribution in [0.3, 0.4) is 0 Å². The predicted octanol–water partition coefficient (Wildman–Crippen LogP) is 4.73. The first kappa shape index (κ1) is 22.7. The summed E-state index contributed by atoms with van der Waals surface area (Å²) in [6.45, 7) is 3.46. The van der Waals surface area contributed by atoms with E-state index in [0.29, 0.717) is 34.2 Å². The van der Waals surface area contributed by atoms with Gasteiger partial charge in [0.25, 0.3) is 0 Å². The van der Waals surface area contributed by atoms with Crippen LogP contribution in [-0.2, 0) is 4.79 Å². The lowest BCUT2D eigenvalue weighted by Crippen LogP contribution is -2.17. The standard InChI is InChI=1S/C19H21F3N2O4S/c1-3-27-16-10-13(23-18(26)8-9-25)6-7-17(16)29-24-14-5-4-12(2)15(11-14)28-19(20,21)22/h4-7,10-11,24-25H,3,8-9H2,1-2H3,(H,23,26). The molecule has 0 fully saturated rings. The van der Waals surface area contributed by atoms with E-state index >= 15 is 0 Å². The van der Waals surface area contributed by atoms with E-state index < -0.39 is 6.36 Å². The van der Waals surface area contributed by atoms with E-state index in [0.717, 1.165) is 11.9 Å². The van der Waals surface area contributed by atoms with Gasteiger partial charge in [-0.1, -0.05) is 6.07 Å². The second-order valence-electron chi connectivity index (χ2n) is 5.85. The number of carbonyl (C=O) groups is 1. The highest BCUT2D eigenvalue weighted by molar-refractivity contribution is 8.00. The Kier molecular flexibility index (Phi) is 8.03. The van der Waals surface area contributed by atoms with Crippen molar-refractivity contribution in [3.05, 3.63) is 42.0 Å². The van der Waals surface area contributed by atoms with Crippen molar-refractivity contribution < 1.29 is 32.5 Å². The maximum atomic E-state index is 12.5. The van der Waals surface area contributed by atoms with Crippen LogP contribution in [0, 0.1) is 6.92 Å². The van der Waals surface area contributed by atoms with Crippen molar-refractivity contribution in [1.82, 2.24) is 0 Å². The van der Waals surface area contributed by atoms with Crippen LogP contribution in [0.2, 0.25) is 0 Å². The van der Waals surface area contributed by atoms with Crippen molar-refractivity contribution in [3.63, 3.8) is 0 Å². The van der Waals surface area contributed by atoms with Gasteiger partial charge in [-0.2, -0.15) is 0 Å². The Morgan fingerprint density at radius 3 is 2.48 bits per heavy atom. The predicted molar refractivity (Wildman–Crippen MR) is 105 cm³/mol. The van der Waals surface area contributed by atoms with Crippen molar-refractivity contribution >= 4 is 29.2 Å². The summed E-state index contributed by atoms with van der Waals surface area (Å²) in [6, 6.07) is 9.42. The Bertz CT molecular complexity index is 847. The molecule has 0 aliphatic heterocycles. The molecule has 2 rings (SSSR count). The van der Waals surface area contributed by atoms with Crippen molar-refractivity contribution in [3.8, 4) is 11.5 Å². The number of amides is 1. The third-order valence-electron chi connectivity index (χ3n) is 3.56. The summed E-state index contributed by atoms with van der Waals surface area (Å²) in [5.74, 6) is -0.119. The monoisotopic (exact) mass is 430 g/mol. The van der Waals surface area contributed by atoms with Crippen LogP contribution in [0.1, 0.15) is 18.9 Å². The Morgan fingerprint density at radius 1 is 1.14 bits per heavy atom. The number of nitrogens with one attached hydrogen (secondary N) is 2. The lowest BCUT2D eigenvalue weighted by molar-refractivity contribution is -0.274. The first-order chi connectivity index (χ1) is 13.7. The molecule has 0 atom stereocenters. The topological polar surface area (TPSA) is 79.8 Å². The zero-order valence-corrected chi connectivity index (χ0v) is 16.6. The maximum Gasteiger partial charge on any atom is 0.573 e. The van der Waals surface area contributed by atoms with Gasteiger partial charge in [0.2, 0.25) is 5.91 Å². The van der Waals surface area contributed by atoms with Crippen LogP contribution >= 0.6 is 11.9 Å². The van der Waals surface area contributed by atoms with Gasteiger partial charge in [0.05, 0.1) is 24.5 Å². The molecule has 0 saturated carbocycles. The van der Waals surface area contributed by atoms with E-state index in [-0.39, 0.29) is 24.7 Å². The van der Waals surface area contributed by atoms with Crippen LogP contribution in [0.5, 0.6) is 11.5 Å². The zero-order chi connectivity index (χ0) is 21.4. The molecule has 0 saturated heterocycles. The van der Waals surface area contributed by atoms with E-state index in [1.165, 1.54) is 19.1 Å². The van der Waals surface area contributed by atoms with Crippen LogP contribution in [0.25, 0.3) is 0 Å². The highest BCUT2D eigenvalue weighted by atomic mass is 32.2. The third kappa shape index (κ3) is 7.39. The molecule has 0 aliphatic carbocycles. The van der Waals surface area contributed by atoms with Gasteiger partial charge in [-0.3, -0.25) is 4.79 Å². The smallest absolute Gasteiger partial charge is 0.493 e. The molecule has 10 heteroatoms. The highest BCUT2D eigenvalue weighted by Gasteiger charge is 2.31. The number of halogens is 3. The minimum Gasteiger partial charge on any atom is -0.493 e. The molecule has 1 amide bonds. The van der Waals surface area contributed by atoms with Gasteiger partial charge in [0, 0.05) is 23.5 Å². The van der Waals surface area contributed by atoms with Crippen LogP contribution < -0.4 is 19.5 Å². The molecular formula is C19H21F3N2O4S. The average molecular weight is 430 g/mol. The average Bonchev–Trinajstić information content (AvgIpc) is 2.63. The Hall–Kier alpha value is -2.59. The molecule has 2 aromatic carbocycles. The lowest BCUT2D eigenvalue weighted by atomic mass is 10.2. The molecule has 0 aliphatic rings. The van der Waals surface area contributed by atoms with Gasteiger partial charge in [-0.05, 0) is 49.6 Å². The number of ether oxygens (including phenoxy) is 2. The fraction of sp³-hybridized carbons (Fsp3) is 0.316. The molecular weight excluding hydrogens is 409 g/mol. The minimum absolute atomic E-state index is 0.0161. The normalized spacial score (nSPS) is 11.1. The van der Waals surface area contributed by atoms with Gasteiger partial charge in [0.1, 0.15) is 11.5 Å². The van der Waals surface area contributed by atoms with Crippen LogP contribution in [-0.4, -0.2) is 30.6 Å². The summed E-state index contributed by atoms with van der Waals surface area (Å²) in [6.07, 6.45) is -4.78. The van der Waals surface area contributed by atoms with E-state index in [4.69, 9.17) is 9.84 Å². The van der Waals surface area contributed by atoms with Gasteiger partial charge in [0.15, 0.2) is 0 Å². The summed E-state index contributed by atoms with van der Waals surface area (Å²) in [5.41, 5.74) is 1.28. The Morgan fingerprint density at radius 2 is 1.83 bits per heavy atom. The number of aryl methyl sites for hydroxylation is 1. The van der Waals surface area contributed by atoms with Crippen LogP contribution in [0.4, 0.5) is 24.5 Å². The fourth-order valence-electron chi connectivity index (χ4n) is 2.28. The van der Waals surface area contributed by atoms with Crippen molar-refractivity contribution in [1.29, 1.82) is 0 Å². The molecule has 0 heterocycles. The van der Waals surface area contributed by atoms with E-state index in [9.17, 15) is 18.0 Å². The Labute approximate surface area is 170 Å². The van der Waals surface area contributed by atoms with Crippen molar-refractivity contribution in [2.45, 2.75) is 31.5 Å².